The van der Waals surface area contributed by atoms with Crippen molar-refractivity contribution in [2.75, 3.05) is 20.3 Å². The van der Waals surface area contributed by atoms with E-state index in [1.165, 1.54) is 13.3 Å². The van der Waals surface area contributed by atoms with E-state index in [9.17, 15) is 18.0 Å². The number of alkyl halides is 1. The van der Waals surface area contributed by atoms with Crippen LogP contribution in [0.2, 0.25) is 5.02 Å². The van der Waals surface area contributed by atoms with Gasteiger partial charge >= 0.3 is 0 Å². The van der Waals surface area contributed by atoms with E-state index < -0.39 is 29.8 Å². The molecule has 3 rings (SSSR count). The summed E-state index contributed by atoms with van der Waals surface area (Å²) in [5.41, 5.74) is 4.47. The quantitative estimate of drug-likeness (QED) is 0.227. The first-order chi connectivity index (χ1) is 16.7. The number of rotatable bonds is 10. The van der Waals surface area contributed by atoms with Crippen molar-refractivity contribution in [2.24, 2.45) is 10.7 Å². The average Bonchev–Trinajstić information content (AvgIpc) is 3.32. The number of benzene rings is 2. The number of aromatic nitrogens is 1. The van der Waals surface area contributed by atoms with Crippen molar-refractivity contribution in [2.45, 2.75) is 25.3 Å². The fourth-order valence-electron chi connectivity index (χ4n) is 3.49. The van der Waals surface area contributed by atoms with Gasteiger partial charge in [0, 0.05) is 18.2 Å². The van der Waals surface area contributed by atoms with Crippen LogP contribution in [-0.2, 0) is 5.54 Å². The van der Waals surface area contributed by atoms with Crippen molar-refractivity contribution in [3.63, 3.8) is 0 Å². The predicted octanol–water partition coefficient (Wildman–Crippen LogP) is 5.03. The highest BCUT2D eigenvalue weighted by molar-refractivity contribution is 6.34. The smallest absolute Gasteiger partial charge is 0.257 e. The summed E-state index contributed by atoms with van der Waals surface area (Å²) in [5, 5.41) is 3.04. The molecule has 0 radical (unpaired) electrons. The Kier molecular flexibility index (Phi) is 8.39. The number of hydrogen-bond donors (Lipinski definition) is 2. The number of ether oxygens (including phenoxy) is 1. The first kappa shape index (κ1) is 26.1. The lowest BCUT2D eigenvalue weighted by atomic mass is 9.94. The Labute approximate surface area is 205 Å². The molecule has 1 heterocycles. The second-order valence-corrected chi connectivity index (χ2v) is 8.31. The van der Waals surface area contributed by atoms with E-state index in [1.54, 1.807) is 25.1 Å². The molecule has 186 valence electrons. The van der Waals surface area contributed by atoms with Gasteiger partial charge in [0.25, 0.3) is 5.91 Å². The zero-order valence-corrected chi connectivity index (χ0v) is 19.8. The minimum Gasteiger partial charge on any atom is -0.496 e. The van der Waals surface area contributed by atoms with Crippen molar-refractivity contribution in [1.29, 1.82) is 0 Å². The molecule has 0 spiro atoms. The number of nitrogens with one attached hydrogen (secondary N) is 1. The Morgan fingerprint density at radius 2 is 2.00 bits per heavy atom. The number of carbonyl (C=O) groups is 1. The number of aliphatic imine (C=N–C) groups is 1. The van der Waals surface area contributed by atoms with Crippen molar-refractivity contribution < 1.29 is 27.1 Å². The maximum absolute atomic E-state index is 13.7. The molecule has 3 N–H and O–H groups in total. The summed E-state index contributed by atoms with van der Waals surface area (Å²) in [4.78, 5) is 21.4. The summed E-state index contributed by atoms with van der Waals surface area (Å²) in [5.74, 6) is -1.79. The lowest BCUT2D eigenvalue weighted by Crippen LogP contribution is -2.44. The highest BCUT2D eigenvalue weighted by Gasteiger charge is 2.35. The van der Waals surface area contributed by atoms with E-state index in [-0.39, 0.29) is 52.4 Å². The third-order valence-corrected chi connectivity index (χ3v) is 5.54. The highest BCUT2D eigenvalue weighted by atomic mass is 35.5. The highest BCUT2D eigenvalue weighted by Crippen LogP contribution is 2.33. The molecule has 0 unspecified atom stereocenters. The van der Waals surface area contributed by atoms with Crippen LogP contribution in [0.4, 0.5) is 13.2 Å². The molecule has 1 amide bonds. The standard InChI is InChI=1S/C24H24ClF3N4O3/c1-24(7-4-8-30-20(29)12-26,32-22(33)21-17(25)5-3-6-18(21)34-2)23-31-13-19(35-23)14-9-15(27)11-16(28)10-14/h3,5-6,9-11,13H,4,7-8,12H2,1-2H3,(H2,29,30)(H,32,33)/t24-/m1/s1. The normalized spacial score (nSPS) is 13.4. The van der Waals surface area contributed by atoms with Gasteiger partial charge in [-0.05, 0) is 44.0 Å². The summed E-state index contributed by atoms with van der Waals surface area (Å²) in [6.07, 6.45) is 1.94. The molecule has 0 saturated heterocycles. The maximum atomic E-state index is 13.7. The average molecular weight is 509 g/mol. The molecule has 0 fully saturated rings. The van der Waals surface area contributed by atoms with Crippen LogP contribution < -0.4 is 15.8 Å². The molecular formula is C24H24ClF3N4O3. The predicted molar refractivity (Wildman–Crippen MR) is 126 cm³/mol. The second kappa shape index (κ2) is 11.3. The molecular weight excluding hydrogens is 485 g/mol. The number of amidine groups is 1. The van der Waals surface area contributed by atoms with Gasteiger partial charge in [-0.2, -0.15) is 0 Å². The molecule has 0 aliphatic rings. The number of carbonyl (C=O) groups excluding carboxylic acids is 1. The number of halogens is 4. The van der Waals surface area contributed by atoms with Crippen molar-refractivity contribution in [3.05, 3.63) is 70.7 Å². The minimum atomic E-state index is -1.20. The number of oxazole rings is 1. The van der Waals surface area contributed by atoms with Gasteiger partial charge < -0.3 is 20.2 Å². The molecule has 0 saturated carbocycles. The number of methoxy groups -OCH3 is 1. The minimum absolute atomic E-state index is 0.0824. The molecule has 3 aromatic rings. The van der Waals surface area contributed by atoms with Crippen molar-refractivity contribution >= 4 is 23.3 Å². The van der Waals surface area contributed by atoms with Crippen LogP contribution in [0.15, 0.2) is 52.0 Å². The Balaban J connectivity index is 1.94. The van der Waals surface area contributed by atoms with E-state index in [0.29, 0.717) is 6.42 Å². The zero-order chi connectivity index (χ0) is 25.6. The lowest BCUT2D eigenvalue weighted by Gasteiger charge is -2.28. The monoisotopic (exact) mass is 508 g/mol. The molecule has 7 nitrogen and oxygen atoms in total. The second-order valence-electron chi connectivity index (χ2n) is 7.90. The van der Waals surface area contributed by atoms with E-state index in [0.717, 1.165) is 18.2 Å². The summed E-state index contributed by atoms with van der Waals surface area (Å²) in [7, 11) is 1.41. The van der Waals surface area contributed by atoms with Crippen LogP contribution >= 0.6 is 11.6 Å². The SMILES string of the molecule is COc1cccc(Cl)c1C(=O)N[C@](C)(CCCN=C(N)CF)c1ncc(-c2cc(F)cc(F)c2)o1. The van der Waals surface area contributed by atoms with Crippen LogP contribution in [0.5, 0.6) is 5.75 Å². The zero-order valence-electron chi connectivity index (χ0n) is 19.1. The summed E-state index contributed by atoms with van der Waals surface area (Å²) in [6.45, 7) is 0.991. The summed E-state index contributed by atoms with van der Waals surface area (Å²) in [6, 6.07) is 7.73. The number of nitrogens with zero attached hydrogens (tertiary/aromatic N) is 2. The maximum Gasteiger partial charge on any atom is 0.257 e. The van der Waals surface area contributed by atoms with Crippen LogP contribution in [0, 0.1) is 11.6 Å². The van der Waals surface area contributed by atoms with Crippen LogP contribution in [0.3, 0.4) is 0 Å². The largest absolute Gasteiger partial charge is 0.496 e. The van der Waals surface area contributed by atoms with Gasteiger partial charge in [0.15, 0.2) is 5.76 Å². The molecule has 0 bridgehead atoms. The third kappa shape index (κ3) is 6.33. The van der Waals surface area contributed by atoms with Gasteiger partial charge in [-0.25, -0.2) is 18.2 Å². The fraction of sp³-hybridized carbons (Fsp3) is 0.292. The third-order valence-electron chi connectivity index (χ3n) is 5.22. The van der Waals surface area contributed by atoms with Gasteiger partial charge in [0.1, 0.15) is 35.4 Å². The van der Waals surface area contributed by atoms with Crippen molar-refractivity contribution in [1.82, 2.24) is 10.3 Å². The van der Waals surface area contributed by atoms with Gasteiger partial charge in [-0.15, -0.1) is 0 Å². The molecule has 35 heavy (non-hydrogen) atoms. The van der Waals surface area contributed by atoms with Gasteiger partial charge in [0.05, 0.1) is 23.9 Å². The van der Waals surface area contributed by atoms with E-state index >= 15 is 0 Å². The van der Waals surface area contributed by atoms with E-state index in [2.05, 4.69) is 15.3 Å². The number of amides is 1. The topological polar surface area (TPSA) is 103 Å². The molecule has 0 aliphatic heterocycles. The number of hydrogen-bond acceptors (Lipinski definition) is 5. The van der Waals surface area contributed by atoms with Crippen molar-refractivity contribution in [3.8, 4) is 17.1 Å². The first-order valence-corrected chi connectivity index (χ1v) is 11.0. The van der Waals surface area contributed by atoms with E-state index in [4.69, 9.17) is 26.5 Å². The Morgan fingerprint density at radius 1 is 1.29 bits per heavy atom. The van der Waals surface area contributed by atoms with Crippen LogP contribution in [0.1, 0.15) is 36.0 Å². The van der Waals surface area contributed by atoms with Gasteiger partial charge in [-0.3, -0.25) is 9.79 Å². The molecule has 1 atom stereocenters. The molecule has 11 heteroatoms. The Morgan fingerprint density at radius 3 is 2.66 bits per heavy atom. The van der Waals surface area contributed by atoms with Gasteiger partial charge in [-0.1, -0.05) is 17.7 Å². The van der Waals surface area contributed by atoms with Gasteiger partial charge in [0.2, 0.25) is 5.89 Å². The van der Waals surface area contributed by atoms with E-state index in [1.807, 2.05) is 0 Å². The Bertz CT molecular complexity index is 1210. The molecule has 0 aliphatic carbocycles. The summed E-state index contributed by atoms with van der Waals surface area (Å²) < 4.78 is 51.1. The van der Waals surface area contributed by atoms with Crippen LogP contribution in [-0.4, -0.2) is 37.1 Å². The Hall–Kier alpha value is -3.53. The fourth-order valence-corrected chi connectivity index (χ4v) is 3.74. The first-order valence-electron chi connectivity index (χ1n) is 10.6. The molecule has 1 aromatic heterocycles. The number of nitrogens with two attached hydrogens (primary N) is 1. The van der Waals surface area contributed by atoms with Crippen LogP contribution in [0.25, 0.3) is 11.3 Å². The summed E-state index contributed by atoms with van der Waals surface area (Å²) >= 11 is 6.25. The lowest BCUT2D eigenvalue weighted by molar-refractivity contribution is 0.0878. The molecule has 2 aromatic carbocycles.